The van der Waals surface area contributed by atoms with Crippen molar-refractivity contribution in [1.82, 2.24) is 5.32 Å². The monoisotopic (exact) mass is 299 g/mol. The van der Waals surface area contributed by atoms with E-state index in [-0.39, 0.29) is 17.5 Å². The summed E-state index contributed by atoms with van der Waals surface area (Å²) in [6.45, 7) is 2.11. The van der Waals surface area contributed by atoms with E-state index in [1.165, 1.54) is 13.2 Å². The minimum Gasteiger partial charge on any atom is -0.494 e. The summed E-state index contributed by atoms with van der Waals surface area (Å²) in [5.74, 6) is -0.750. The number of nitro benzene ring substituents is 1. The van der Waals surface area contributed by atoms with E-state index >= 15 is 0 Å². The smallest absolute Gasteiger partial charge is 0.295 e. The Morgan fingerprint density at radius 2 is 2.38 bits per heavy atom. The number of methoxy groups -OCH3 is 1. The summed E-state index contributed by atoms with van der Waals surface area (Å²) in [5, 5.41) is 14.2. The van der Waals surface area contributed by atoms with Crippen LogP contribution in [0, 0.1) is 15.9 Å². The van der Waals surface area contributed by atoms with E-state index in [2.05, 4.69) is 5.32 Å². The fraction of sp³-hybridized carbons (Fsp3) is 0.538. The van der Waals surface area contributed by atoms with Crippen LogP contribution in [0.2, 0.25) is 0 Å². The number of rotatable bonds is 5. The van der Waals surface area contributed by atoms with Crippen LogP contribution in [0.15, 0.2) is 12.1 Å². The molecule has 1 atom stereocenters. The molecule has 0 radical (unpaired) electrons. The molecule has 1 fully saturated rings. The maximum absolute atomic E-state index is 13.7. The maximum atomic E-state index is 13.7. The quantitative estimate of drug-likeness (QED) is 0.649. The van der Waals surface area contributed by atoms with Gasteiger partial charge in [0.1, 0.15) is 5.69 Å². The second kappa shape index (κ2) is 6.68. The normalized spacial score (nSPS) is 18.6. The number of nitro groups is 1. The predicted octanol–water partition coefficient (Wildman–Crippen LogP) is 1.17. The number of anilines is 1. The van der Waals surface area contributed by atoms with Gasteiger partial charge >= 0.3 is 0 Å². The van der Waals surface area contributed by atoms with Gasteiger partial charge < -0.3 is 19.7 Å². The van der Waals surface area contributed by atoms with E-state index < -0.39 is 10.7 Å². The maximum Gasteiger partial charge on any atom is 0.295 e. The first-order valence-corrected chi connectivity index (χ1v) is 6.60. The van der Waals surface area contributed by atoms with E-state index in [1.807, 2.05) is 11.9 Å². The van der Waals surface area contributed by atoms with Gasteiger partial charge in [-0.2, -0.15) is 0 Å². The molecular weight excluding hydrogens is 281 g/mol. The zero-order valence-corrected chi connectivity index (χ0v) is 12.0. The summed E-state index contributed by atoms with van der Waals surface area (Å²) in [6, 6.07) is 2.27. The molecule has 8 heteroatoms. The molecule has 116 valence electrons. The fourth-order valence-electron chi connectivity index (χ4n) is 2.38. The number of halogens is 1. The van der Waals surface area contributed by atoms with Crippen molar-refractivity contribution < 1.29 is 18.8 Å². The van der Waals surface area contributed by atoms with Crippen molar-refractivity contribution in [2.75, 3.05) is 45.3 Å². The second-order valence-corrected chi connectivity index (χ2v) is 4.73. The molecule has 1 aliphatic rings. The van der Waals surface area contributed by atoms with Crippen LogP contribution >= 0.6 is 0 Å². The summed E-state index contributed by atoms with van der Waals surface area (Å²) < 4.78 is 24.2. The topological polar surface area (TPSA) is 76.9 Å². The first kappa shape index (κ1) is 15.5. The Balaban J connectivity index is 2.34. The standard InChI is InChI=1S/C13H18FN3O4/c1-15-7-9-8-16(3-4-21-9)11-6-13(20-2)10(14)5-12(11)17(18)19/h5-6,9,15H,3-4,7-8H2,1-2H3. The van der Waals surface area contributed by atoms with Gasteiger partial charge in [0.15, 0.2) is 11.6 Å². The SMILES string of the molecule is CNCC1CN(c2cc(OC)c(F)cc2[N+](=O)[O-])CCO1. The van der Waals surface area contributed by atoms with E-state index in [9.17, 15) is 14.5 Å². The molecule has 0 bridgehead atoms. The molecular formula is C13H18FN3O4. The summed E-state index contributed by atoms with van der Waals surface area (Å²) in [4.78, 5) is 12.4. The van der Waals surface area contributed by atoms with E-state index in [0.717, 1.165) is 6.07 Å². The lowest BCUT2D eigenvalue weighted by Gasteiger charge is -2.34. The Labute approximate surface area is 121 Å². The Morgan fingerprint density at radius 1 is 1.62 bits per heavy atom. The zero-order valence-electron chi connectivity index (χ0n) is 12.0. The van der Waals surface area contributed by atoms with Crippen LogP contribution in [0.25, 0.3) is 0 Å². The van der Waals surface area contributed by atoms with Crippen LogP contribution in [0.3, 0.4) is 0 Å². The van der Waals surface area contributed by atoms with Crippen LogP contribution in [0.5, 0.6) is 5.75 Å². The molecule has 0 amide bonds. The Kier molecular flexibility index (Phi) is 4.92. The lowest BCUT2D eigenvalue weighted by molar-refractivity contribution is -0.384. The number of nitrogens with zero attached hydrogens (tertiary/aromatic N) is 2. The van der Waals surface area contributed by atoms with Crippen molar-refractivity contribution in [1.29, 1.82) is 0 Å². The molecule has 0 spiro atoms. The van der Waals surface area contributed by atoms with Crippen molar-refractivity contribution in [2.24, 2.45) is 0 Å². The average Bonchev–Trinajstić information content (AvgIpc) is 2.47. The van der Waals surface area contributed by atoms with E-state index in [4.69, 9.17) is 9.47 Å². The van der Waals surface area contributed by atoms with Crippen molar-refractivity contribution >= 4 is 11.4 Å². The average molecular weight is 299 g/mol. The summed E-state index contributed by atoms with van der Waals surface area (Å²) in [5.41, 5.74) is 0.0843. The largest absolute Gasteiger partial charge is 0.494 e. The Bertz CT molecular complexity index is 524. The Morgan fingerprint density at radius 3 is 3.00 bits per heavy atom. The summed E-state index contributed by atoms with van der Waals surface area (Å²) in [6.07, 6.45) is -0.0700. The number of hydrogen-bond acceptors (Lipinski definition) is 6. The summed E-state index contributed by atoms with van der Waals surface area (Å²) in [7, 11) is 3.14. The van der Waals surface area contributed by atoms with Crippen LogP contribution in [-0.4, -0.2) is 51.4 Å². The van der Waals surface area contributed by atoms with Gasteiger partial charge in [0, 0.05) is 25.7 Å². The van der Waals surface area contributed by atoms with Gasteiger partial charge in [-0.1, -0.05) is 0 Å². The number of hydrogen-bond donors (Lipinski definition) is 1. The molecule has 0 aromatic heterocycles. The number of nitrogens with one attached hydrogen (secondary N) is 1. The molecule has 0 saturated carbocycles. The lowest BCUT2D eigenvalue weighted by Crippen LogP contribution is -2.46. The predicted molar refractivity (Wildman–Crippen MR) is 75.5 cm³/mol. The zero-order chi connectivity index (χ0) is 15.4. The van der Waals surface area contributed by atoms with Gasteiger partial charge in [-0.3, -0.25) is 10.1 Å². The van der Waals surface area contributed by atoms with E-state index in [0.29, 0.717) is 31.9 Å². The van der Waals surface area contributed by atoms with Crippen molar-refractivity contribution in [2.45, 2.75) is 6.10 Å². The third kappa shape index (κ3) is 3.40. The molecule has 2 rings (SSSR count). The van der Waals surface area contributed by atoms with Gasteiger partial charge in [-0.25, -0.2) is 4.39 Å². The second-order valence-electron chi connectivity index (χ2n) is 4.73. The first-order chi connectivity index (χ1) is 10.1. The molecule has 1 aromatic rings. The van der Waals surface area contributed by atoms with Crippen LogP contribution in [-0.2, 0) is 4.74 Å². The number of benzene rings is 1. The number of ether oxygens (including phenoxy) is 2. The lowest BCUT2D eigenvalue weighted by atomic mass is 10.2. The molecule has 1 heterocycles. The molecule has 1 saturated heterocycles. The highest BCUT2D eigenvalue weighted by Gasteiger charge is 2.27. The summed E-state index contributed by atoms with van der Waals surface area (Å²) >= 11 is 0. The third-order valence-corrected chi connectivity index (χ3v) is 3.36. The Hall–Kier alpha value is -1.93. The minimum atomic E-state index is -0.743. The van der Waals surface area contributed by atoms with Crippen molar-refractivity contribution in [3.63, 3.8) is 0 Å². The van der Waals surface area contributed by atoms with Crippen LogP contribution in [0.4, 0.5) is 15.8 Å². The molecule has 1 aliphatic heterocycles. The van der Waals surface area contributed by atoms with Gasteiger partial charge in [-0.05, 0) is 7.05 Å². The van der Waals surface area contributed by atoms with Crippen molar-refractivity contribution in [3.8, 4) is 5.75 Å². The highest BCUT2D eigenvalue weighted by atomic mass is 19.1. The first-order valence-electron chi connectivity index (χ1n) is 6.60. The highest BCUT2D eigenvalue weighted by molar-refractivity contribution is 5.66. The molecule has 1 unspecified atom stereocenters. The number of likely N-dealkylation sites (N-methyl/N-ethyl adjacent to an activating group) is 1. The van der Waals surface area contributed by atoms with Crippen LogP contribution < -0.4 is 15.0 Å². The van der Waals surface area contributed by atoms with Crippen LogP contribution in [0.1, 0.15) is 0 Å². The van der Waals surface area contributed by atoms with Gasteiger partial charge in [-0.15, -0.1) is 0 Å². The van der Waals surface area contributed by atoms with Gasteiger partial charge in [0.25, 0.3) is 5.69 Å². The fourth-order valence-corrected chi connectivity index (χ4v) is 2.38. The molecule has 1 aromatic carbocycles. The van der Waals surface area contributed by atoms with E-state index in [1.54, 1.807) is 0 Å². The molecule has 21 heavy (non-hydrogen) atoms. The van der Waals surface area contributed by atoms with Gasteiger partial charge in [0.05, 0.1) is 30.8 Å². The van der Waals surface area contributed by atoms with Gasteiger partial charge in [0.2, 0.25) is 0 Å². The minimum absolute atomic E-state index is 0.00717. The molecule has 7 nitrogen and oxygen atoms in total. The third-order valence-electron chi connectivity index (χ3n) is 3.36. The number of morpholine rings is 1. The molecule has 0 aliphatic carbocycles. The highest BCUT2D eigenvalue weighted by Crippen LogP contribution is 2.35. The van der Waals surface area contributed by atoms with Crippen molar-refractivity contribution in [3.05, 3.63) is 28.1 Å². The molecule has 1 N–H and O–H groups in total.